The smallest absolute Gasteiger partial charge is 0.327 e. The van der Waals surface area contributed by atoms with Crippen LogP contribution in [0.4, 0.5) is 0 Å². The molecule has 1 amide bonds. The topological polar surface area (TPSA) is 75.6 Å². The first-order chi connectivity index (χ1) is 15.1. The van der Waals surface area contributed by atoms with Gasteiger partial charge in [0.15, 0.2) is 0 Å². The molecule has 0 aliphatic rings. The number of hydrogen-bond acceptors (Lipinski definition) is 4. The highest BCUT2D eigenvalue weighted by Gasteiger charge is 2.37. The minimum atomic E-state index is -1.11. The molecule has 0 spiro atoms. The molecule has 6 heteroatoms. The van der Waals surface area contributed by atoms with Crippen LogP contribution >= 0.6 is 12.6 Å². The molecule has 0 bridgehead atoms. The van der Waals surface area contributed by atoms with E-state index in [0.717, 1.165) is 16.7 Å². The molecule has 3 aromatic carbocycles. The van der Waals surface area contributed by atoms with Crippen molar-refractivity contribution in [2.75, 3.05) is 12.4 Å². The summed E-state index contributed by atoms with van der Waals surface area (Å²) in [5, 5.41) is 11.6. The predicted molar refractivity (Wildman–Crippen MR) is 123 cm³/mol. The summed E-state index contributed by atoms with van der Waals surface area (Å²) < 4.78 is 6.51. The zero-order chi connectivity index (χ0) is 22.1. The van der Waals surface area contributed by atoms with Crippen molar-refractivity contribution in [3.05, 3.63) is 108 Å². The van der Waals surface area contributed by atoms with E-state index in [9.17, 15) is 9.59 Å². The van der Waals surface area contributed by atoms with Gasteiger partial charge in [-0.1, -0.05) is 91.0 Å². The van der Waals surface area contributed by atoms with Crippen molar-refractivity contribution in [2.24, 2.45) is 0 Å². The van der Waals surface area contributed by atoms with Crippen LogP contribution in [0, 0.1) is 0 Å². The van der Waals surface area contributed by atoms with Crippen LogP contribution in [0.3, 0.4) is 0 Å². The maximum Gasteiger partial charge on any atom is 0.327 e. The number of amides is 1. The van der Waals surface area contributed by atoms with Crippen molar-refractivity contribution in [1.29, 1.82) is 0 Å². The zero-order valence-corrected chi connectivity index (χ0v) is 17.9. The number of ether oxygens (including phenoxy) is 1. The van der Waals surface area contributed by atoms with Crippen LogP contribution in [-0.4, -0.2) is 35.4 Å². The molecule has 3 aromatic rings. The third-order valence-electron chi connectivity index (χ3n) is 5.00. The summed E-state index contributed by atoms with van der Waals surface area (Å²) in [6, 6.07) is 28.5. The Morgan fingerprint density at radius 3 is 1.61 bits per heavy atom. The number of carbonyl (C=O) groups excluding carboxylic acids is 1. The van der Waals surface area contributed by atoms with Gasteiger partial charge in [0.05, 0.1) is 13.0 Å². The van der Waals surface area contributed by atoms with Crippen molar-refractivity contribution in [3.8, 4) is 0 Å². The van der Waals surface area contributed by atoms with E-state index in [1.165, 1.54) is 0 Å². The van der Waals surface area contributed by atoms with Crippen LogP contribution in [0.25, 0.3) is 0 Å². The lowest BCUT2D eigenvalue weighted by molar-refractivity contribution is -0.141. The van der Waals surface area contributed by atoms with Crippen molar-refractivity contribution in [2.45, 2.75) is 18.1 Å². The van der Waals surface area contributed by atoms with Crippen LogP contribution in [0.2, 0.25) is 0 Å². The number of thiol groups is 1. The number of hydrogen-bond donors (Lipinski definition) is 3. The average Bonchev–Trinajstić information content (AvgIpc) is 2.82. The Morgan fingerprint density at radius 2 is 1.26 bits per heavy atom. The normalized spacial score (nSPS) is 12.2. The van der Waals surface area contributed by atoms with E-state index in [-0.39, 0.29) is 18.8 Å². The van der Waals surface area contributed by atoms with E-state index >= 15 is 0 Å². The molecule has 0 heterocycles. The Balaban J connectivity index is 1.93. The maximum absolute atomic E-state index is 12.3. The molecule has 0 aromatic heterocycles. The molecule has 1 atom stereocenters. The minimum absolute atomic E-state index is 0.0178. The van der Waals surface area contributed by atoms with Crippen molar-refractivity contribution >= 4 is 24.5 Å². The molecular formula is C25H25NO4S. The average molecular weight is 436 g/mol. The van der Waals surface area contributed by atoms with Gasteiger partial charge in [0.25, 0.3) is 0 Å². The maximum atomic E-state index is 12.3. The van der Waals surface area contributed by atoms with Crippen LogP contribution < -0.4 is 5.32 Å². The lowest BCUT2D eigenvalue weighted by Gasteiger charge is -2.36. The highest BCUT2D eigenvalue weighted by Crippen LogP contribution is 2.40. The first-order valence-corrected chi connectivity index (χ1v) is 10.6. The van der Waals surface area contributed by atoms with E-state index in [4.69, 9.17) is 9.84 Å². The van der Waals surface area contributed by atoms with Crippen LogP contribution in [0.1, 0.15) is 23.1 Å². The highest BCUT2D eigenvalue weighted by atomic mass is 32.1. The van der Waals surface area contributed by atoms with Gasteiger partial charge in [-0.3, -0.25) is 4.79 Å². The van der Waals surface area contributed by atoms with Gasteiger partial charge in [-0.15, -0.1) is 0 Å². The Bertz CT molecular complexity index is 884. The van der Waals surface area contributed by atoms with Crippen LogP contribution in [-0.2, 0) is 19.9 Å². The van der Waals surface area contributed by atoms with Gasteiger partial charge in [-0.25, -0.2) is 4.79 Å². The summed E-state index contributed by atoms with van der Waals surface area (Å²) in [5.41, 5.74) is 1.89. The van der Waals surface area contributed by atoms with Crippen molar-refractivity contribution < 1.29 is 19.4 Å². The molecule has 0 aliphatic carbocycles. The van der Waals surface area contributed by atoms with E-state index in [1.807, 2.05) is 91.0 Å². The quantitative estimate of drug-likeness (QED) is 0.334. The number of nitrogens with one attached hydrogen (secondary N) is 1. The largest absolute Gasteiger partial charge is 0.480 e. The summed E-state index contributed by atoms with van der Waals surface area (Å²) in [7, 11) is 0. The first-order valence-electron chi connectivity index (χ1n) is 10.0. The standard InChI is InChI=1S/C25H25NO4S/c27-23(26-22(18-31)24(28)29)16-17-30-25(19-10-4-1-5-11-19,20-12-6-2-7-13-20)21-14-8-3-9-15-21/h1-15,22,31H,16-18H2,(H,26,27)(H,28,29). The summed E-state index contributed by atoms with van der Waals surface area (Å²) >= 11 is 3.98. The summed E-state index contributed by atoms with van der Waals surface area (Å²) in [6.07, 6.45) is 0.0197. The monoisotopic (exact) mass is 435 g/mol. The third kappa shape index (κ3) is 5.34. The Kier molecular flexibility index (Phi) is 7.87. The van der Waals surface area contributed by atoms with Gasteiger partial charge < -0.3 is 15.2 Å². The number of carboxylic acids is 1. The van der Waals surface area contributed by atoms with Crippen LogP contribution in [0.15, 0.2) is 91.0 Å². The lowest BCUT2D eigenvalue weighted by atomic mass is 9.80. The summed E-state index contributed by atoms with van der Waals surface area (Å²) in [5.74, 6) is -1.50. The van der Waals surface area contributed by atoms with E-state index in [0.29, 0.717) is 0 Å². The Morgan fingerprint density at radius 1 is 0.839 bits per heavy atom. The third-order valence-corrected chi connectivity index (χ3v) is 5.37. The second kappa shape index (κ2) is 10.8. The molecule has 31 heavy (non-hydrogen) atoms. The molecule has 0 saturated heterocycles. The minimum Gasteiger partial charge on any atom is -0.480 e. The fourth-order valence-corrected chi connectivity index (χ4v) is 3.76. The van der Waals surface area contributed by atoms with Gasteiger partial charge in [0.2, 0.25) is 5.91 Å². The second-order valence-electron chi connectivity index (χ2n) is 7.02. The summed E-state index contributed by atoms with van der Waals surface area (Å²) in [6.45, 7) is 0.101. The second-order valence-corrected chi connectivity index (χ2v) is 7.38. The van der Waals surface area contributed by atoms with Crippen LogP contribution in [0.5, 0.6) is 0 Å². The molecule has 5 nitrogen and oxygen atoms in total. The zero-order valence-electron chi connectivity index (χ0n) is 17.0. The fraction of sp³-hybridized carbons (Fsp3) is 0.200. The predicted octanol–water partition coefficient (Wildman–Crippen LogP) is 3.88. The lowest BCUT2D eigenvalue weighted by Crippen LogP contribution is -2.42. The molecule has 0 aliphatic heterocycles. The summed E-state index contributed by atoms with van der Waals surface area (Å²) in [4.78, 5) is 23.5. The number of aliphatic carboxylic acids is 1. The molecule has 1 unspecified atom stereocenters. The molecule has 160 valence electrons. The highest BCUT2D eigenvalue weighted by molar-refractivity contribution is 7.80. The molecule has 3 rings (SSSR count). The Hall–Kier alpha value is -3.09. The molecule has 0 radical (unpaired) electrons. The fourth-order valence-electron chi connectivity index (χ4n) is 3.52. The molecule has 0 fully saturated rings. The number of carbonyl (C=O) groups is 2. The SMILES string of the molecule is O=C(CCOC(c1ccccc1)(c1ccccc1)c1ccccc1)NC(CS)C(=O)O. The molecule has 0 saturated carbocycles. The van der Waals surface area contributed by atoms with Gasteiger partial charge in [-0.05, 0) is 16.7 Å². The van der Waals surface area contributed by atoms with Gasteiger partial charge in [-0.2, -0.15) is 12.6 Å². The van der Waals surface area contributed by atoms with Gasteiger partial charge in [0.1, 0.15) is 11.6 Å². The Labute approximate surface area is 187 Å². The number of carboxylic acid groups (broad SMARTS) is 1. The molecule has 2 N–H and O–H groups in total. The number of rotatable bonds is 10. The van der Waals surface area contributed by atoms with Gasteiger partial charge in [0, 0.05) is 5.75 Å². The van der Waals surface area contributed by atoms with Gasteiger partial charge >= 0.3 is 5.97 Å². The van der Waals surface area contributed by atoms with E-state index in [2.05, 4.69) is 17.9 Å². The van der Waals surface area contributed by atoms with Crippen molar-refractivity contribution in [3.63, 3.8) is 0 Å². The first kappa shape index (κ1) is 22.6. The number of benzene rings is 3. The van der Waals surface area contributed by atoms with Crippen molar-refractivity contribution in [1.82, 2.24) is 5.32 Å². The van der Waals surface area contributed by atoms with E-state index < -0.39 is 23.5 Å². The van der Waals surface area contributed by atoms with E-state index in [1.54, 1.807) is 0 Å². The molecular weight excluding hydrogens is 410 g/mol.